The number of nitrogens with one attached hydrogen (secondary N) is 1. The minimum atomic E-state index is -1.03. The Kier molecular flexibility index (Phi) is 5.46. The van der Waals surface area contributed by atoms with E-state index in [1.165, 1.54) is 19.1 Å². The van der Waals surface area contributed by atoms with Gasteiger partial charge >= 0.3 is 5.97 Å². The van der Waals surface area contributed by atoms with Crippen molar-refractivity contribution in [2.75, 3.05) is 5.32 Å². The molecule has 2 N–H and O–H groups in total. The van der Waals surface area contributed by atoms with Crippen molar-refractivity contribution >= 4 is 29.2 Å². The van der Waals surface area contributed by atoms with Crippen LogP contribution in [0.25, 0.3) is 0 Å². The highest BCUT2D eigenvalue weighted by Gasteiger charge is 2.21. The van der Waals surface area contributed by atoms with Gasteiger partial charge in [-0.1, -0.05) is 23.7 Å². The van der Waals surface area contributed by atoms with Crippen LogP contribution in [-0.4, -0.2) is 23.1 Å². The van der Waals surface area contributed by atoms with E-state index >= 15 is 0 Å². The summed E-state index contributed by atoms with van der Waals surface area (Å²) in [4.78, 5) is 24.3. The molecule has 0 aliphatic carbocycles. The molecule has 0 aliphatic heterocycles. The normalized spacial score (nSPS) is 11.7. The molecule has 0 saturated carbocycles. The van der Waals surface area contributed by atoms with Crippen LogP contribution in [-0.2, 0) is 9.53 Å². The molecule has 126 valence electrons. The van der Waals surface area contributed by atoms with Gasteiger partial charge in [0, 0.05) is 10.7 Å². The van der Waals surface area contributed by atoms with E-state index in [4.69, 9.17) is 16.3 Å². The molecule has 0 heterocycles. The zero-order valence-corrected chi connectivity index (χ0v) is 14.3. The molecule has 5 nitrogen and oxygen atoms in total. The molecule has 1 atom stereocenters. The van der Waals surface area contributed by atoms with E-state index in [1.54, 1.807) is 38.1 Å². The van der Waals surface area contributed by atoms with Crippen LogP contribution in [0.15, 0.2) is 36.4 Å². The van der Waals surface area contributed by atoms with Gasteiger partial charge in [0.25, 0.3) is 5.91 Å². The van der Waals surface area contributed by atoms with Gasteiger partial charge in [-0.05, 0) is 56.2 Å². The SMILES string of the molecule is Cc1ccc(C(=O)O[C@H](C)C(=O)Nc2cccc(Cl)c2C)c(O)c1. The fourth-order valence-corrected chi connectivity index (χ4v) is 2.24. The number of anilines is 1. The molecule has 24 heavy (non-hydrogen) atoms. The number of aromatic hydroxyl groups is 1. The van der Waals surface area contributed by atoms with Crippen molar-refractivity contribution in [3.8, 4) is 5.75 Å². The molecule has 0 fully saturated rings. The van der Waals surface area contributed by atoms with Crippen molar-refractivity contribution in [1.82, 2.24) is 0 Å². The first kappa shape index (κ1) is 17.8. The van der Waals surface area contributed by atoms with Crippen molar-refractivity contribution < 1.29 is 19.4 Å². The van der Waals surface area contributed by atoms with Crippen molar-refractivity contribution in [1.29, 1.82) is 0 Å². The summed E-state index contributed by atoms with van der Waals surface area (Å²) in [5.74, 6) is -1.43. The lowest BCUT2D eigenvalue weighted by atomic mass is 10.1. The predicted molar refractivity (Wildman–Crippen MR) is 92.5 cm³/mol. The summed E-state index contributed by atoms with van der Waals surface area (Å²) >= 11 is 6.01. The van der Waals surface area contributed by atoms with Gasteiger partial charge in [0.05, 0.1) is 0 Å². The number of phenolic OH excluding ortho intramolecular Hbond substituents is 1. The molecule has 6 heteroatoms. The van der Waals surface area contributed by atoms with Crippen LogP contribution in [0.5, 0.6) is 5.75 Å². The van der Waals surface area contributed by atoms with Crippen LogP contribution in [0.4, 0.5) is 5.69 Å². The number of rotatable bonds is 4. The van der Waals surface area contributed by atoms with Gasteiger partial charge in [0.15, 0.2) is 6.10 Å². The number of aryl methyl sites for hydroxylation is 1. The molecule has 2 aromatic rings. The van der Waals surface area contributed by atoms with Crippen molar-refractivity contribution in [3.05, 3.63) is 58.1 Å². The monoisotopic (exact) mass is 347 g/mol. The molecule has 1 amide bonds. The van der Waals surface area contributed by atoms with Crippen LogP contribution >= 0.6 is 11.6 Å². The minimum Gasteiger partial charge on any atom is -0.507 e. The lowest BCUT2D eigenvalue weighted by Crippen LogP contribution is -2.30. The zero-order chi connectivity index (χ0) is 17.9. The third kappa shape index (κ3) is 4.06. The van der Waals surface area contributed by atoms with Gasteiger partial charge in [0.1, 0.15) is 11.3 Å². The van der Waals surface area contributed by atoms with E-state index in [2.05, 4.69) is 5.32 Å². The maximum absolute atomic E-state index is 12.2. The number of carbonyl (C=O) groups is 2. The number of benzene rings is 2. The lowest BCUT2D eigenvalue weighted by Gasteiger charge is -2.15. The second-order valence-electron chi connectivity index (χ2n) is 5.47. The topological polar surface area (TPSA) is 75.6 Å². The lowest BCUT2D eigenvalue weighted by molar-refractivity contribution is -0.123. The smallest absolute Gasteiger partial charge is 0.342 e. The first-order chi connectivity index (χ1) is 11.3. The zero-order valence-electron chi connectivity index (χ0n) is 13.6. The molecule has 2 aromatic carbocycles. The van der Waals surface area contributed by atoms with E-state index in [0.717, 1.165) is 11.1 Å². The summed E-state index contributed by atoms with van der Waals surface area (Å²) in [6.07, 6.45) is -1.03. The molecule has 0 aromatic heterocycles. The quantitative estimate of drug-likeness (QED) is 0.824. The van der Waals surface area contributed by atoms with Crippen LogP contribution in [0, 0.1) is 13.8 Å². The average molecular weight is 348 g/mol. The molecule has 0 bridgehead atoms. The van der Waals surface area contributed by atoms with Gasteiger partial charge in [-0.15, -0.1) is 0 Å². The number of carbonyl (C=O) groups excluding carboxylic acids is 2. The van der Waals surface area contributed by atoms with E-state index in [-0.39, 0.29) is 11.3 Å². The second kappa shape index (κ2) is 7.36. The van der Waals surface area contributed by atoms with Crippen LogP contribution in [0.3, 0.4) is 0 Å². The van der Waals surface area contributed by atoms with Crippen LogP contribution in [0.2, 0.25) is 5.02 Å². The third-order valence-electron chi connectivity index (χ3n) is 3.55. The van der Waals surface area contributed by atoms with Gasteiger partial charge < -0.3 is 15.2 Å². The summed E-state index contributed by atoms with van der Waals surface area (Å²) in [7, 11) is 0. The number of hydrogen-bond donors (Lipinski definition) is 2. The van der Waals surface area contributed by atoms with Gasteiger partial charge in [-0.25, -0.2) is 4.79 Å². The van der Waals surface area contributed by atoms with Crippen molar-refractivity contribution in [2.45, 2.75) is 26.9 Å². The highest BCUT2D eigenvalue weighted by atomic mass is 35.5. The molecular weight excluding hydrogens is 330 g/mol. The van der Waals surface area contributed by atoms with Gasteiger partial charge in [-0.3, -0.25) is 4.79 Å². The molecule has 0 radical (unpaired) electrons. The molecule has 0 spiro atoms. The minimum absolute atomic E-state index is 0.0131. The summed E-state index contributed by atoms with van der Waals surface area (Å²) in [6.45, 7) is 5.02. The summed E-state index contributed by atoms with van der Waals surface area (Å²) in [6, 6.07) is 9.73. The average Bonchev–Trinajstić information content (AvgIpc) is 2.51. The summed E-state index contributed by atoms with van der Waals surface area (Å²) in [5, 5.41) is 13.0. The number of halogens is 1. The molecular formula is C18H18ClNO4. The molecule has 2 rings (SSSR count). The Balaban J connectivity index is 2.06. The van der Waals surface area contributed by atoms with E-state index in [1.807, 2.05) is 0 Å². The van der Waals surface area contributed by atoms with Gasteiger partial charge in [-0.2, -0.15) is 0 Å². The second-order valence-corrected chi connectivity index (χ2v) is 5.88. The molecule has 0 aliphatic rings. The standard InChI is InChI=1S/C18H18ClNO4/c1-10-7-8-13(16(21)9-10)18(23)24-12(3)17(22)20-15-6-4-5-14(19)11(15)2/h4-9,12,21H,1-3H3,(H,20,22)/t12-/m1/s1. The Morgan fingerprint density at radius 3 is 2.58 bits per heavy atom. The number of phenols is 1. The number of ether oxygens (including phenoxy) is 1. The molecule has 0 unspecified atom stereocenters. The maximum atomic E-state index is 12.2. The highest BCUT2D eigenvalue weighted by molar-refractivity contribution is 6.31. The predicted octanol–water partition coefficient (Wildman–Crippen LogP) is 3.85. The Labute approximate surface area is 145 Å². The first-order valence-corrected chi connectivity index (χ1v) is 7.74. The van der Waals surface area contributed by atoms with Crippen molar-refractivity contribution in [3.63, 3.8) is 0 Å². The summed E-state index contributed by atoms with van der Waals surface area (Å²) in [5.41, 5.74) is 2.10. The van der Waals surface area contributed by atoms with E-state index in [9.17, 15) is 14.7 Å². The van der Waals surface area contributed by atoms with Gasteiger partial charge in [0.2, 0.25) is 0 Å². The Hall–Kier alpha value is -2.53. The van der Waals surface area contributed by atoms with E-state index in [0.29, 0.717) is 10.7 Å². The molecule has 0 saturated heterocycles. The Morgan fingerprint density at radius 2 is 1.92 bits per heavy atom. The van der Waals surface area contributed by atoms with Crippen molar-refractivity contribution in [2.24, 2.45) is 0 Å². The van der Waals surface area contributed by atoms with E-state index < -0.39 is 18.0 Å². The Bertz CT molecular complexity index is 789. The number of esters is 1. The fourth-order valence-electron chi connectivity index (χ4n) is 2.07. The summed E-state index contributed by atoms with van der Waals surface area (Å²) < 4.78 is 5.12. The van der Waals surface area contributed by atoms with Crippen LogP contribution in [0.1, 0.15) is 28.4 Å². The van der Waals surface area contributed by atoms with Crippen LogP contribution < -0.4 is 5.32 Å². The first-order valence-electron chi connectivity index (χ1n) is 7.36. The highest BCUT2D eigenvalue weighted by Crippen LogP contribution is 2.23. The number of amides is 1. The number of hydrogen-bond acceptors (Lipinski definition) is 4. The fraction of sp³-hybridized carbons (Fsp3) is 0.222. The Morgan fingerprint density at radius 1 is 1.21 bits per heavy atom. The maximum Gasteiger partial charge on any atom is 0.342 e. The third-order valence-corrected chi connectivity index (χ3v) is 3.96. The largest absolute Gasteiger partial charge is 0.507 e.